The van der Waals surface area contributed by atoms with Crippen LogP contribution in [0.4, 0.5) is 0 Å². The summed E-state index contributed by atoms with van der Waals surface area (Å²) >= 11 is 0. The van der Waals surface area contributed by atoms with Crippen LogP contribution in [0.1, 0.15) is 44.0 Å². The smallest absolute Gasteiger partial charge is 0.213 e. The summed E-state index contributed by atoms with van der Waals surface area (Å²) in [6.45, 7) is 7.22. The number of aromatic nitrogens is 1. The third-order valence-electron chi connectivity index (χ3n) is 3.34. The van der Waals surface area contributed by atoms with Crippen LogP contribution in [0.3, 0.4) is 0 Å². The lowest BCUT2D eigenvalue weighted by atomic mass is 10.1. The molecule has 1 aromatic carbocycles. The fraction of sp³-hybridized carbons (Fsp3) is 0.353. The van der Waals surface area contributed by atoms with E-state index in [2.05, 4.69) is 42.3 Å². The quantitative estimate of drug-likeness (QED) is 0.864. The summed E-state index contributed by atoms with van der Waals surface area (Å²) in [7, 11) is 0. The molecule has 3 heteroatoms. The van der Waals surface area contributed by atoms with Gasteiger partial charge in [0.2, 0.25) is 5.88 Å². The van der Waals surface area contributed by atoms with Crippen LogP contribution in [0.25, 0.3) is 0 Å². The van der Waals surface area contributed by atoms with Gasteiger partial charge in [0, 0.05) is 18.3 Å². The lowest BCUT2D eigenvalue weighted by Gasteiger charge is -2.16. The van der Waals surface area contributed by atoms with Gasteiger partial charge in [-0.25, -0.2) is 4.98 Å². The second kappa shape index (κ2) is 7.06. The van der Waals surface area contributed by atoms with Crippen molar-refractivity contribution >= 4 is 0 Å². The summed E-state index contributed by atoms with van der Waals surface area (Å²) in [5.74, 6) is 0.661. The van der Waals surface area contributed by atoms with Crippen LogP contribution < -0.4 is 10.1 Å². The molecular formula is C17H22N2O. The molecule has 0 bridgehead atoms. The van der Waals surface area contributed by atoms with Gasteiger partial charge < -0.3 is 10.1 Å². The second-order valence-corrected chi connectivity index (χ2v) is 4.88. The zero-order valence-electron chi connectivity index (χ0n) is 12.3. The summed E-state index contributed by atoms with van der Waals surface area (Å²) in [4.78, 5) is 4.39. The van der Waals surface area contributed by atoms with E-state index in [9.17, 15) is 0 Å². The summed E-state index contributed by atoms with van der Waals surface area (Å²) in [5.41, 5.74) is 2.32. The maximum Gasteiger partial charge on any atom is 0.213 e. The highest BCUT2D eigenvalue weighted by Crippen LogP contribution is 2.21. The Balaban J connectivity index is 2.00. The number of nitrogens with zero attached hydrogens (tertiary/aromatic N) is 1. The van der Waals surface area contributed by atoms with Crippen LogP contribution in [0, 0.1) is 0 Å². The molecule has 2 rings (SSSR count). The molecule has 2 aromatic rings. The first kappa shape index (κ1) is 14.5. The van der Waals surface area contributed by atoms with Crippen LogP contribution in [-0.2, 0) is 0 Å². The third-order valence-corrected chi connectivity index (χ3v) is 3.34. The van der Waals surface area contributed by atoms with Gasteiger partial charge in [-0.05, 0) is 31.5 Å². The van der Waals surface area contributed by atoms with E-state index in [1.165, 1.54) is 5.56 Å². The highest BCUT2D eigenvalue weighted by atomic mass is 16.5. The number of hydrogen-bond donors (Lipinski definition) is 1. The molecule has 1 heterocycles. The molecule has 0 saturated heterocycles. The average Bonchev–Trinajstić information content (AvgIpc) is 2.49. The topological polar surface area (TPSA) is 34.1 Å². The van der Waals surface area contributed by atoms with Gasteiger partial charge in [-0.3, -0.25) is 0 Å². The van der Waals surface area contributed by atoms with Crippen molar-refractivity contribution in [3.63, 3.8) is 0 Å². The van der Waals surface area contributed by atoms with Gasteiger partial charge in [0.15, 0.2) is 0 Å². The first-order valence-electron chi connectivity index (χ1n) is 7.11. The predicted molar refractivity (Wildman–Crippen MR) is 81.8 cm³/mol. The van der Waals surface area contributed by atoms with E-state index in [1.807, 2.05) is 37.4 Å². The van der Waals surface area contributed by atoms with Gasteiger partial charge in [-0.15, -0.1) is 0 Å². The maximum absolute atomic E-state index is 5.86. The standard InChI is InChI=1S/C17H22N2O/c1-4-18-13(2)16-10-11-17(19-12-16)20-14(3)15-8-6-5-7-9-15/h5-14,18H,4H2,1-3H3. The van der Waals surface area contributed by atoms with Crippen molar-refractivity contribution < 1.29 is 4.74 Å². The monoisotopic (exact) mass is 270 g/mol. The molecule has 0 aliphatic rings. The Kier molecular flexibility index (Phi) is 5.13. The summed E-state index contributed by atoms with van der Waals surface area (Å²) in [6, 6.07) is 14.5. The molecule has 106 valence electrons. The normalized spacial score (nSPS) is 13.8. The predicted octanol–water partition coefficient (Wildman–Crippen LogP) is 3.89. The van der Waals surface area contributed by atoms with Crippen molar-refractivity contribution in [2.75, 3.05) is 6.54 Å². The first-order valence-corrected chi connectivity index (χ1v) is 7.11. The van der Waals surface area contributed by atoms with E-state index < -0.39 is 0 Å². The molecule has 0 saturated carbocycles. The van der Waals surface area contributed by atoms with Crippen LogP contribution in [0.15, 0.2) is 48.7 Å². The lowest BCUT2D eigenvalue weighted by Crippen LogP contribution is -2.17. The average molecular weight is 270 g/mol. The Hall–Kier alpha value is -1.87. The molecular weight excluding hydrogens is 248 g/mol. The number of hydrogen-bond acceptors (Lipinski definition) is 3. The molecule has 0 aliphatic carbocycles. The molecule has 0 amide bonds. The highest BCUT2D eigenvalue weighted by Gasteiger charge is 2.09. The zero-order chi connectivity index (χ0) is 14.4. The molecule has 20 heavy (non-hydrogen) atoms. The Labute approximate surface area is 121 Å². The van der Waals surface area contributed by atoms with E-state index >= 15 is 0 Å². The number of pyridine rings is 1. The third kappa shape index (κ3) is 3.81. The van der Waals surface area contributed by atoms with E-state index in [0.717, 1.165) is 12.1 Å². The Morgan fingerprint density at radius 2 is 1.80 bits per heavy atom. The lowest BCUT2D eigenvalue weighted by molar-refractivity contribution is 0.217. The van der Waals surface area contributed by atoms with Crippen molar-refractivity contribution in [1.29, 1.82) is 0 Å². The van der Waals surface area contributed by atoms with Crippen molar-refractivity contribution in [1.82, 2.24) is 10.3 Å². The largest absolute Gasteiger partial charge is 0.470 e. The Bertz CT molecular complexity index is 510. The van der Waals surface area contributed by atoms with Crippen molar-refractivity contribution in [3.8, 4) is 5.88 Å². The van der Waals surface area contributed by atoms with E-state index in [0.29, 0.717) is 11.9 Å². The first-order chi connectivity index (χ1) is 9.70. The second-order valence-electron chi connectivity index (χ2n) is 4.88. The van der Waals surface area contributed by atoms with Crippen LogP contribution in [-0.4, -0.2) is 11.5 Å². The van der Waals surface area contributed by atoms with Gasteiger partial charge in [0.1, 0.15) is 6.10 Å². The molecule has 0 aliphatic heterocycles. The van der Waals surface area contributed by atoms with Gasteiger partial charge in [0.25, 0.3) is 0 Å². The minimum Gasteiger partial charge on any atom is -0.470 e. The summed E-state index contributed by atoms with van der Waals surface area (Å²) < 4.78 is 5.86. The number of rotatable bonds is 6. The Morgan fingerprint density at radius 3 is 2.40 bits per heavy atom. The van der Waals surface area contributed by atoms with Crippen LogP contribution in [0.2, 0.25) is 0 Å². The summed E-state index contributed by atoms with van der Waals surface area (Å²) in [6.07, 6.45) is 1.88. The fourth-order valence-electron chi connectivity index (χ4n) is 2.11. The maximum atomic E-state index is 5.86. The Morgan fingerprint density at radius 1 is 1.05 bits per heavy atom. The van der Waals surface area contributed by atoms with Crippen molar-refractivity contribution in [2.24, 2.45) is 0 Å². The molecule has 0 radical (unpaired) electrons. The van der Waals surface area contributed by atoms with Gasteiger partial charge in [0.05, 0.1) is 0 Å². The molecule has 2 atom stereocenters. The van der Waals surface area contributed by atoms with E-state index in [-0.39, 0.29) is 6.10 Å². The molecule has 1 N–H and O–H groups in total. The van der Waals surface area contributed by atoms with Crippen molar-refractivity contribution in [3.05, 3.63) is 59.8 Å². The van der Waals surface area contributed by atoms with Crippen molar-refractivity contribution in [2.45, 2.75) is 32.9 Å². The fourth-order valence-corrected chi connectivity index (χ4v) is 2.11. The van der Waals surface area contributed by atoms with Crippen LogP contribution in [0.5, 0.6) is 5.88 Å². The van der Waals surface area contributed by atoms with E-state index in [4.69, 9.17) is 4.74 Å². The molecule has 3 nitrogen and oxygen atoms in total. The van der Waals surface area contributed by atoms with Gasteiger partial charge >= 0.3 is 0 Å². The molecule has 1 aromatic heterocycles. The molecule has 2 unspecified atom stereocenters. The van der Waals surface area contributed by atoms with Crippen LogP contribution >= 0.6 is 0 Å². The molecule has 0 spiro atoms. The zero-order valence-corrected chi connectivity index (χ0v) is 12.3. The molecule has 0 fully saturated rings. The highest BCUT2D eigenvalue weighted by molar-refractivity contribution is 5.22. The summed E-state index contributed by atoms with van der Waals surface area (Å²) in [5, 5.41) is 3.37. The minimum absolute atomic E-state index is 0.000685. The number of benzene rings is 1. The van der Waals surface area contributed by atoms with Gasteiger partial charge in [-0.2, -0.15) is 0 Å². The number of ether oxygens (including phenoxy) is 1. The van der Waals surface area contributed by atoms with Gasteiger partial charge in [-0.1, -0.05) is 43.3 Å². The SMILES string of the molecule is CCNC(C)c1ccc(OC(C)c2ccccc2)nc1. The van der Waals surface area contributed by atoms with E-state index in [1.54, 1.807) is 0 Å². The number of nitrogens with one attached hydrogen (secondary N) is 1. The minimum atomic E-state index is 0.000685.